The van der Waals surface area contributed by atoms with E-state index in [4.69, 9.17) is 23.2 Å². The number of carbonyl (C=O) groups is 1. The molecule has 0 spiro atoms. The van der Waals surface area contributed by atoms with E-state index in [1.165, 1.54) is 6.07 Å². The smallest absolute Gasteiger partial charge is 0.340 e. The first kappa shape index (κ1) is 27.7. The Morgan fingerprint density at radius 2 is 1.86 bits per heavy atom. The molecular weight excluding hydrogens is 505 g/mol. The molecule has 10 heteroatoms. The Morgan fingerprint density at radius 3 is 2.49 bits per heavy atom. The lowest BCUT2D eigenvalue weighted by Gasteiger charge is -2.29. The van der Waals surface area contributed by atoms with Gasteiger partial charge in [0.15, 0.2) is 0 Å². The van der Waals surface area contributed by atoms with Crippen LogP contribution >= 0.6 is 23.2 Å². The van der Waals surface area contributed by atoms with Crippen LogP contribution in [0.1, 0.15) is 41.9 Å². The number of rotatable bonds is 9. The van der Waals surface area contributed by atoms with E-state index in [2.05, 4.69) is 5.32 Å². The van der Waals surface area contributed by atoms with Crippen molar-refractivity contribution in [1.82, 2.24) is 15.1 Å². The predicted molar refractivity (Wildman–Crippen MR) is 130 cm³/mol. The summed E-state index contributed by atoms with van der Waals surface area (Å²) in [6, 6.07) is 8.21. The fourth-order valence-corrected chi connectivity index (χ4v) is 4.84. The number of hydrogen-bond acceptors (Lipinski definition) is 3. The van der Waals surface area contributed by atoms with Crippen LogP contribution in [0, 0.1) is 5.82 Å². The second kappa shape index (κ2) is 11.9. The maximum atomic E-state index is 14.1. The van der Waals surface area contributed by atoms with E-state index >= 15 is 0 Å². The molecule has 1 N–H and O–H groups in total. The first-order chi connectivity index (χ1) is 16.5. The summed E-state index contributed by atoms with van der Waals surface area (Å²) in [6.45, 7) is 2.00. The summed E-state index contributed by atoms with van der Waals surface area (Å²) >= 11 is 12.3. The van der Waals surface area contributed by atoms with Gasteiger partial charge in [-0.25, -0.2) is 4.39 Å². The second-order valence-electron chi connectivity index (χ2n) is 8.93. The quantitative estimate of drug-likeness (QED) is 0.318. The molecule has 1 fully saturated rings. The molecule has 0 aliphatic carbocycles. The molecular formula is C25H29Cl2F4N3O. The fraction of sp³-hybridized carbons (Fsp3) is 0.480. The molecule has 0 aromatic heterocycles. The third-order valence-corrected chi connectivity index (χ3v) is 7.16. The number of hydrogen-bond donors (Lipinski definition) is 1. The van der Waals surface area contributed by atoms with Gasteiger partial charge in [-0.3, -0.25) is 9.69 Å². The number of nitrogens with zero attached hydrogens (tertiary/aromatic N) is 2. The van der Waals surface area contributed by atoms with Crippen molar-refractivity contribution in [3.63, 3.8) is 0 Å². The van der Waals surface area contributed by atoms with Gasteiger partial charge in [-0.1, -0.05) is 35.3 Å². The third-order valence-electron chi connectivity index (χ3n) is 6.42. The van der Waals surface area contributed by atoms with Crippen LogP contribution in [0.25, 0.3) is 0 Å². The van der Waals surface area contributed by atoms with E-state index in [-0.39, 0.29) is 24.4 Å². The van der Waals surface area contributed by atoms with Gasteiger partial charge in [0.1, 0.15) is 5.82 Å². The van der Waals surface area contributed by atoms with Crippen molar-refractivity contribution in [2.75, 3.05) is 33.7 Å². The third kappa shape index (κ3) is 7.09. The molecule has 1 aliphatic heterocycles. The van der Waals surface area contributed by atoms with Crippen molar-refractivity contribution >= 4 is 29.1 Å². The molecule has 1 amide bonds. The van der Waals surface area contributed by atoms with Crippen LogP contribution in [-0.2, 0) is 17.5 Å². The molecule has 3 rings (SSSR count). The minimum absolute atomic E-state index is 0.0580. The maximum Gasteiger partial charge on any atom is 0.419 e. The molecule has 0 unspecified atom stereocenters. The standard InChI is InChI=1S/C25H29Cl2F4N3O/c1-32-10-4-3-5-24(35)34-14-18(17-7-9-20(26)21(27)12-17)23(15-34)33(2)13-16-6-8-19(22(28)11-16)25(29,30)31/h6-9,11-12,18,23,32H,3-5,10,13-15H2,1-2H3/t18-,23+/m1/s1. The van der Waals surface area contributed by atoms with Gasteiger partial charge in [-0.15, -0.1) is 0 Å². The van der Waals surface area contributed by atoms with Crippen LogP contribution in [-0.4, -0.2) is 55.5 Å². The summed E-state index contributed by atoms with van der Waals surface area (Å²) < 4.78 is 52.9. The summed E-state index contributed by atoms with van der Waals surface area (Å²) in [4.78, 5) is 16.7. The number of nitrogens with one attached hydrogen (secondary N) is 1. The zero-order chi connectivity index (χ0) is 25.8. The molecule has 2 atom stereocenters. The zero-order valence-electron chi connectivity index (χ0n) is 19.6. The Labute approximate surface area is 213 Å². The highest BCUT2D eigenvalue weighted by molar-refractivity contribution is 6.42. The number of benzene rings is 2. The number of likely N-dealkylation sites (N-methyl/N-ethyl adjacent to an activating group) is 1. The van der Waals surface area contributed by atoms with Gasteiger partial charge in [-0.2, -0.15) is 13.2 Å². The molecule has 2 aromatic rings. The Kier molecular flexibility index (Phi) is 9.43. The van der Waals surface area contributed by atoms with Gasteiger partial charge in [0, 0.05) is 38.0 Å². The van der Waals surface area contributed by atoms with Crippen molar-refractivity contribution in [2.45, 2.75) is 43.9 Å². The number of halogens is 6. The van der Waals surface area contributed by atoms with Crippen LogP contribution in [0.3, 0.4) is 0 Å². The highest BCUT2D eigenvalue weighted by atomic mass is 35.5. The predicted octanol–water partition coefficient (Wildman–Crippen LogP) is 5.97. The molecule has 1 heterocycles. The number of carbonyl (C=O) groups excluding carboxylic acids is 1. The second-order valence-corrected chi connectivity index (χ2v) is 9.75. The topological polar surface area (TPSA) is 35.6 Å². The first-order valence-corrected chi connectivity index (χ1v) is 12.2. The van der Waals surface area contributed by atoms with Gasteiger partial charge in [0.05, 0.1) is 15.6 Å². The highest BCUT2D eigenvalue weighted by Crippen LogP contribution is 2.36. The average molecular weight is 534 g/mol. The number of likely N-dealkylation sites (tertiary alicyclic amines) is 1. The van der Waals surface area contributed by atoms with Gasteiger partial charge in [-0.05, 0) is 68.9 Å². The summed E-state index contributed by atoms with van der Waals surface area (Å²) in [5, 5.41) is 3.90. The molecule has 0 saturated carbocycles. The van der Waals surface area contributed by atoms with Crippen molar-refractivity contribution < 1.29 is 22.4 Å². The van der Waals surface area contributed by atoms with Gasteiger partial charge < -0.3 is 10.2 Å². The van der Waals surface area contributed by atoms with Gasteiger partial charge in [0.25, 0.3) is 0 Å². The molecule has 192 valence electrons. The van der Waals surface area contributed by atoms with E-state index in [1.54, 1.807) is 12.1 Å². The highest BCUT2D eigenvalue weighted by Gasteiger charge is 2.39. The first-order valence-electron chi connectivity index (χ1n) is 11.4. The Hall–Kier alpha value is -1.87. The molecule has 0 bridgehead atoms. The lowest BCUT2D eigenvalue weighted by atomic mass is 9.93. The van der Waals surface area contributed by atoms with E-state index in [0.29, 0.717) is 35.1 Å². The molecule has 1 aliphatic rings. The minimum Gasteiger partial charge on any atom is -0.340 e. The number of alkyl halides is 3. The largest absolute Gasteiger partial charge is 0.419 e. The van der Waals surface area contributed by atoms with Gasteiger partial charge in [0.2, 0.25) is 5.91 Å². The fourth-order valence-electron chi connectivity index (χ4n) is 4.54. The van der Waals surface area contributed by atoms with E-state index in [9.17, 15) is 22.4 Å². The summed E-state index contributed by atoms with van der Waals surface area (Å²) in [6.07, 6.45) is -2.63. The minimum atomic E-state index is -4.74. The number of unbranched alkanes of at least 4 members (excludes halogenated alkanes) is 1. The maximum absolute atomic E-state index is 14.1. The molecule has 35 heavy (non-hydrogen) atoms. The SMILES string of the molecule is CNCCCCC(=O)N1C[C@H](c2ccc(Cl)c(Cl)c2)[C@@H](N(C)Cc2ccc(C(F)(F)F)c(F)c2)C1. The van der Waals surface area contributed by atoms with Crippen LogP contribution in [0.4, 0.5) is 17.6 Å². The molecule has 1 saturated heterocycles. The van der Waals surface area contributed by atoms with E-state index in [0.717, 1.165) is 37.1 Å². The lowest BCUT2D eigenvalue weighted by Crippen LogP contribution is -2.38. The Bertz CT molecular complexity index is 1030. The van der Waals surface area contributed by atoms with Crippen molar-refractivity contribution in [3.8, 4) is 0 Å². The summed E-state index contributed by atoms with van der Waals surface area (Å²) in [5.74, 6) is -1.33. The van der Waals surface area contributed by atoms with Crippen molar-refractivity contribution in [3.05, 3.63) is 69.0 Å². The van der Waals surface area contributed by atoms with Gasteiger partial charge >= 0.3 is 6.18 Å². The zero-order valence-corrected chi connectivity index (χ0v) is 21.2. The van der Waals surface area contributed by atoms with Crippen molar-refractivity contribution in [1.29, 1.82) is 0 Å². The molecule has 2 aromatic carbocycles. The van der Waals surface area contributed by atoms with E-state index in [1.807, 2.05) is 30.0 Å². The molecule has 4 nitrogen and oxygen atoms in total. The average Bonchev–Trinajstić information content (AvgIpc) is 3.23. The Balaban J connectivity index is 1.79. The van der Waals surface area contributed by atoms with E-state index < -0.39 is 17.6 Å². The summed E-state index contributed by atoms with van der Waals surface area (Å²) in [7, 11) is 3.69. The normalized spacial score (nSPS) is 18.5. The van der Waals surface area contributed by atoms with Crippen LogP contribution in [0.15, 0.2) is 36.4 Å². The van der Waals surface area contributed by atoms with Crippen LogP contribution in [0.5, 0.6) is 0 Å². The number of amides is 1. The van der Waals surface area contributed by atoms with Crippen molar-refractivity contribution in [2.24, 2.45) is 0 Å². The summed E-state index contributed by atoms with van der Waals surface area (Å²) in [5.41, 5.74) is 0.0524. The van der Waals surface area contributed by atoms with Crippen LogP contribution in [0.2, 0.25) is 10.0 Å². The van der Waals surface area contributed by atoms with Crippen LogP contribution < -0.4 is 5.32 Å². The lowest BCUT2D eigenvalue weighted by molar-refractivity contribution is -0.140. The molecule has 0 radical (unpaired) electrons. The monoisotopic (exact) mass is 533 g/mol. The Morgan fingerprint density at radius 1 is 1.11 bits per heavy atom.